The van der Waals surface area contributed by atoms with E-state index in [9.17, 15) is 9.59 Å². The third-order valence-electron chi connectivity index (χ3n) is 4.90. The summed E-state index contributed by atoms with van der Waals surface area (Å²) < 4.78 is 7.29. The van der Waals surface area contributed by atoms with E-state index in [2.05, 4.69) is 20.8 Å². The Balaban J connectivity index is 1.39. The van der Waals surface area contributed by atoms with Crippen molar-refractivity contribution in [2.75, 3.05) is 17.7 Å². The van der Waals surface area contributed by atoms with Crippen molar-refractivity contribution in [3.05, 3.63) is 16.0 Å². The summed E-state index contributed by atoms with van der Waals surface area (Å²) in [5, 5.41) is 15.7. The predicted molar refractivity (Wildman–Crippen MR) is 106 cm³/mol. The second-order valence-corrected chi connectivity index (χ2v) is 8.94. The average Bonchev–Trinajstić information content (AvgIpc) is 3.39. The molecule has 2 amide bonds. The predicted octanol–water partition coefficient (Wildman–Crippen LogP) is 1.62. The van der Waals surface area contributed by atoms with Gasteiger partial charge in [0.15, 0.2) is 0 Å². The van der Waals surface area contributed by atoms with Gasteiger partial charge in [0.05, 0.1) is 24.0 Å². The summed E-state index contributed by atoms with van der Waals surface area (Å²) in [5.41, 5.74) is 7.06. The molecule has 3 N–H and O–H groups in total. The van der Waals surface area contributed by atoms with Gasteiger partial charge < -0.3 is 15.8 Å². The number of nitrogens with one attached hydrogen (secondary N) is 1. The number of carbonyl (C=O) groups is 2. The largest absolute Gasteiger partial charge is 0.376 e. The first-order chi connectivity index (χ1) is 13.6. The number of amides is 2. The molecule has 2 aliphatic rings. The highest BCUT2D eigenvalue weighted by Gasteiger charge is 2.25. The highest BCUT2D eigenvalue weighted by molar-refractivity contribution is 7.99. The monoisotopic (exact) mass is 422 g/mol. The van der Waals surface area contributed by atoms with Crippen molar-refractivity contribution < 1.29 is 14.3 Å². The number of fused-ring (bicyclic) bond motifs is 1. The van der Waals surface area contributed by atoms with Gasteiger partial charge in [0.25, 0.3) is 5.91 Å². The van der Waals surface area contributed by atoms with Gasteiger partial charge in [-0.15, -0.1) is 16.4 Å². The van der Waals surface area contributed by atoms with E-state index in [1.807, 2.05) is 0 Å². The van der Waals surface area contributed by atoms with Crippen molar-refractivity contribution in [2.24, 2.45) is 5.73 Å². The minimum atomic E-state index is -0.483. The van der Waals surface area contributed by atoms with Gasteiger partial charge in [0, 0.05) is 11.5 Å². The molecule has 1 atom stereocenters. The normalized spacial score (nSPS) is 18.8. The molecule has 1 aliphatic heterocycles. The number of thioether (sulfide) groups is 1. The van der Waals surface area contributed by atoms with Crippen molar-refractivity contribution in [3.8, 4) is 0 Å². The maximum Gasteiger partial charge on any atom is 0.251 e. The van der Waals surface area contributed by atoms with E-state index in [4.69, 9.17) is 10.5 Å². The van der Waals surface area contributed by atoms with Crippen LogP contribution in [-0.4, -0.2) is 50.5 Å². The minimum absolute atomic E-state index is 0.118. The first-order valence-electron chi connectivity index (χ1n) is 9.36. The van der Waals surface area contributed by atoms with Crippen LogP contribution in [0.4, 0.5) is 5.00 Å². The summed E-state index contributed by atoms with van der Waals surface area (Å²) in [6.45, 7) is 1.35. The molecule has 0 aromatic carbocycles. The maximum atomic E-state index is 12.5. The fourth-order valence-electron chi connectivity index (χ4n) is 3.60. The third-order valence-corrected chi connectivity index (χ3v) is 7.07. The second kappa shape index (κ2) is 8.58. The van der Waals surface area contributed by atoms with Crippen LogP contribution in [0.15, 0.2) is 5.16 Å². The molecule has 1 saturated heterocycles. The van der Waals surface area contributed by atoms with Gasteiger partial charge in [0.2, 0.25) is 11.1 Å². The molecule has 0 unspecified atom stereocenters. The number of primary amides is 1. The van der Waals surface area contributed by atoms with Gasteiger partial charge in [-0.25, -0.2) is 4.68 Å². The molecule has 0 bridgehead atoms. The van der Waals surface area contributed by atoms with E-state index in [1.165, 1.54) is 23.1 Å². The SMILES string of the molecule is NC(=O)c1c(NC(=O)CSc2nnnn2C[C@@H]2CCCO2)sc2c1CCCC2. The average molecular weight is 423 g/mol. The topological polar surface area (TPSA) is 125 Å². The molecular formula is C17H22N6O3S2. The fourth-order valence-corrected chi connectivity index (χ4v) is 5.60. The number of nitrogens with two attached hydrogens (primary N) is 1. The lowest BCUT2D eigenvalue weighted by atomic mass is 9.95. The standard InChI is InChI=1S/C17H22N6O3S2/c18-15(25)14-11-5-1-2-6-12(11)28-16(14)19-13(24)9-27-17-20-21-22-23(17)8-10-4-3-7-26-10/h10H,1-9H2,(H2,18,25)(H,19,24)/t10-/m0/s1. The zero-order chi connectivity index (χ0) is 19.5. The van der Waals surface area contributed by atoms with Crippen LogP contribution in [0.1, 0.15) is 46.5 Å². The lowest BCUT2D eigenvalue weighted by Crippen LogP contribution is -2.20. The number of rotatable bonds is 7. The Morgan fingerprint density at radius 3 is 2.96 bits per heavy atom. The Hall–Kier alpha value is -1.98. The molecule has 11 heteroatoms. The summed E-state index contributed by atoms with van der Waals surface area (Å²) in [7, 11) is 0. The number of ether oxygens (including phenoxy) is 1. The zero-order valence-corrected chi connectivity index (χ0v) is 17.0. The number of anilines is 1. The Labute approximate surface area is 170 Å². The third kappa shape index (κ3) is 4.20. The Morgan fingerprint density at radius 2 is 2.18 bits per heavy atom. The Bertz CT molecular complexity index is 874. The van der Waals surface area contributed by atoms with Crippen LogP contribution in [0.25, 0.3) is 0 Å². The zero-order valence-electron chi connectivity index (χ0n) is 15.3. The summed E-state index contributed by atoms with van der Waals surface area (Å²) >= 11 is 2.72. The van der Waals surface area contributed by atoms with E-state index in [0.29, 0.717) is 22.3 Å². The van der Waals surface area contributed by atoms with Gasteiger partial charge in [-0.3, -0.25) is 9.59 Å². The number of hydrogen-bond acceptors (Lipinski definition) is 8. The minimum Gasteiger partial charge on any atom is -0.376 e. The Morgan fingerprint density at radius 1 is 1.32 bits per heavy atom. The number of aromatic nitrogens is 4. The Kier molecular flexibility index (Phi) is 5.93. The van der Waals surface area contributed by atoms with Crippen LogP contribution in [-0.2, 0) is 28.9 Å². The number of carbonyl (C=O) groups excluding carboxylic acids is 2. The van der Waals surface area contributed by atoms with Crippen LogP contribution in [0.3, 0.4) is 0 Å². The molecule has 2 aromatic heterocycles. The molecule has 9 nitrogen and oxygen atoms in total. The number of nitrogens with zero attached hydrogens (tertiary/aromatic N) is 4. The van der Waals surface area contributed by atoms with Crippen molar-refractivity contribution in [1.82, 2.24) is 20.2 Å². The molecule has 28 heavy (non-hydrogen) atoms. The van der Waals surface area contributed by atoms with E-state index in [0.717, 1.165) is 55.6 Å². The second-order valence-electron chi connectivity index (χ2n) is 6.89. The van der Waals surface area contributed by atoms with Crippen molar-refractivity contribution in [3.63, 3.8) is 0 Å². The molecule has 0 saturated carbocycles. The van der Waals surface area contributed by atoms with Crippen molar-refractivity contribution >= 4 is 39.9 Å². The van der Waals surface area contributed by atoms with Crippen LogP contribution in [0, 0.1) is 0 Å². The van der Waals surface area contributed by atoms with Gasteiger partial charge >= 0.3 is 0 Å². The molecular weight excluding hydrogens is 400 g/mol. The van der Waals surface area contributed by atoms with Gasteiger partial charge in [0.1, 0.15) is 5.00 Å². The molecule has 1 fully saturated rings. The molecule has 1 aliphatic carbocycles. The molecule has 0 radical (unpaired) electrons. The van der Waals surface area contributed by atoms with Crippen LogP contribution in [0.2, 0.25) is 0 Å². The molecule has 4 rings (SSSR count). The van der Waals surface area contributed by atoms with Crippen molar-refractivity contribution in [2.45, 2.75) is 56.3 Å². The number of tetrazole rings is 1. The smallest absolute Gasteiger partial charge is 0.251 e. The molecule has 2 aromatic rings. The van der Waals surface area contributed by atoms with Crippen molar-refractivity contribution in [1.29, 1.82) is 0 Å². The highest BCUT2D eigenvalue weighted by Crippen LogP contribution is 2.38. The van der Waals surface area contributed by atoms with Crippen LogP contribution >= 0.6 is 23.1 Å². The van der Waals surface area contributed by atoms with Gasteiger partial charge in [-0.1, -0.05) is 11.8 Å². The number of thiophene rings is 1. The summed E-state index contributed by atoms with van der Waals surface area (Å²) in [6.07, 6.45) is 6.07. The number of aryl methyl sites for hydroxylation is 1. The van der Waals surface area contributed by atoms with Crippen LogP contribution in [0.5, 0.6) is 0 Å². The fraction of sp³-hybridized carbons (Fsp3) is 0.588. The summed E-state index contributed by atoms with van der Waals surface area (Å²) in [6, 6.07) is 0. The first kappa shape index (κ1) is 19.3. The van der Waals surface area contributed by atoms with E-state index >= 15 is 0 Å². The van der Waals surface area contributed by atoms with Gasteiger partial charge in [-0.2, -0.15) is 0 Å². The summed E-state index contributed by atoms with van der Waals surface area (Å²) in [4.78, 5) is 25.5. The van der Waals surface area contributed by atoms with Crippen LogP contribution < -0.4 is 11.1 Å². The highest BCUT2D eigenvalue weighted by atomic mass is 32.2. The number of hydrogen-bond donors (Lipinski definition) is 2. The first-order valence-corrected chi connectivity index (χ1v) is 11.2. The summed E-state index contributed by atoms with van der Waals surface area (Å²) in [5.74, 6) is -0.548. The maximum absolute atomic E-state index is 12.5. The lowest BCUT2D eigenvalue weighted by molar-refractivity contribution is -0.113. The van der Waals surface area contributed by atoms with Gasteiger partial charge in [-0.05, 0) is 54.5 Å². The van der Waals surface area contributed by atoms with E-state index in [1.54, 1.807) is 4.68 Å². The molecule has 0 spiro atoms. The lowest BCUT2D eigenvalue weighted by Gasteiger charge is -2.11. The quantitative estimate of drug-likeness (QED) is 0.650. The molecule has 3 heterocycles. The molecule has 150 valence electrons. The van der Waals surface area contributed by atoms with E-state index < -0.39 is 5.91 Å². The van der Waals surface area contributed by atoms with E-state index in [-0.39, 0.29) is 17.8 Å².